The maximum atomic E-state index is 12.0. The van der Waals surface area contributed by atoms with Gasteiger partial charge in [0.15, 0.2) is 0 Å². The van der Waals surface area contributed by atoms with Gasteiger partial charge in [0.05, 0.1) is 12.6 Å². The Morgan fingerprint density at radius 1 is 1.53 bits per heavy atom. The Labute approximate surface area is 120 Å². The summed E-state index contributed by atoms with van der Waals surface area (Å²) in [5, 5.41) is 6.16. The molecular weight excluding hydrogens is 264 g/mol. The van der Waals surface area contributed by atoms with Crippen molar-refractivity contribution in [2.75, 3.05) is 18.5 Å². The minimum absolute atomic E-state index is 0. The second-order valence-corrected chi connectivity index (χ2v) is 4.55. The summed E-state index contributed by atoms with van der Waals surface area (Å²) in [4.78, 5) is 12.0. The van der Waals surface area contributed by atoms with Gasteiger partial charge in [-0.1, -0.05) is 0 Å². The predicted molar refractivity (Wildman–Crippen MR) is 79.3 cm³/mol. The highest BCUT2D eigenvalue weighted by Crippen LogP contribution is 2.22. The van der Waals surface area contributed by atoms with E-state index in [1.54, 1.807) is 0 Å². The van der Waals surface area contributed by atoms with Gasteiger partial charge in [-0.2, -0.15) is 0 Å². The summed E-state index contributed by atoms with van der Waals surface area (Å²) < 4.78 is 5.42. The van der Waals surface area contributed by atoms with Crippen molar-refractivity contribution in [1.82, 2.24) is 5.32 Å². The van der Waals surface area contributed by atoms with E-state index in [0.717, 1.165) is 36.4 Å². The van der Waals surface area contributed by atoms with Gasteiger partial charge in [-0.3, -0.25) is 4.79 Å². The van der Waals surface area contributed by atoms with Crippen LogP contribution in [0.1, 0.15) is 25.3 Å². The molecule has 1 heterocycles. The van der Waals surface area contributed by atoms with Gasteiger partial charge in [0.2, 0.25) is 5.91 Å². The van der Waals surface area contributed by atoms with Gasteiger partial charge in [0.1, 0.15) is 5.75 Å². The molecule has 0 radical (unpaired) electrons. The molecule has 0 spiro atoms. The van der Waals surface area contributed by atoms with Gasteiger partial charge in [0.25, 0.3) is 0 Å². The van der Waals surface area contributed by atoms with E-state index in [0.29, 0.717) is 6.61 Å². The molecule has 1 aliphatic heterocycles. The first-order chi connectivity index (χ1) is 8.70. The number of rotatable bonds is 4. The largest absolute Gasteiger partial charge is 0.494 e. The molecule has 2 N–H and O–H groups in total. The Balaban J connectivity index is 0.00000180. The molecule has 1 fully saturated rings. The number of anilines is 1. The maximum Gasteiger partial charge on any atom is 0.241 e. The van der Waals surface area contributed by atoms with Crippen LogP contribution in [0.2, 0.25) is 0 Å². The molecule has 0 saturated carbocycles. The zero-order valence-corrected chi connectivity index (χ0v) is 12.2. The molecule has 4 nitrogen and oxygen atoms in total. The third kappa shape index (κ3) is 4.11. The van der Waals surface area contributed by atoms with Crippen molar-refractivity contribution in [2.24, 2.45) is 0 Å². The number of nitrogens with one attached hydrogen (secondary N) is 2. The van der Waals surface area contributed by atoms with Crippen molar-refractivity contribution in [3.8, 4) is 5.75 Å². The Morgan fingerprint density at radius 3 is 2.89 bits per heavy atom. The van der Waals surface area contributed by atoms with Gasteiger partial charge in [-0.05, 0) is 57.0 Å². The molecule has 0 aliphatic carbocycles. The Kier molecular flexibility index (Phi) is 6.12. The third-order valence-corrected chi connectivity index (χ3v) is 3.14. The molecule has 1 saturated heterocycles. The molecule has 1 atom stereocenters. The molecular formula is C14H21ClN2O2. The van der Waals surface area contributed by atoms with Crippen LogP contribution in [0.3, 0.4) is 0 Å². The Bertz CT molecular complexity index is 431. The topological polar surface area (TPSA) is 50.4 Å². The number of amides is 1. The van der Waals surface area contributed by atoms with Crippen molar-refractivity contribution in [3.63, 3.8) is 0 Å². The number of ether oxygens (including phenoxy) is 1. The van der Waals surface area contributed by atoms with Gasteiger partial charge in [-0.25, -0.2) is 0 Å². The van der Waals surface area contributed by atoms with Crippen LogP contribution in [0, 0.1) is 6.92 Å². The van der Waals surface area contributed by atoms with Crippen LogP contribution >= 0.6 is 12.4 Å². The first-order valence-corrected chi connectivity index (χ1v) is 6.48. The summed E-state index contributed by atoms with van der Waals surface area (Å²) in [6.07, 6.45) is 1.99. The molecule has 0 aromatic heterocycles. The minimum Gasteiger partial charge on any atom is -0.494 e. The quantitative estimate of drug-likeness (QED) is 0.893. The van der Waals surface area contributed by atoms with E-state index in [-0.39, 0.29) is 24.4 Å². The normalized spacial score (nSPS) is 17.7. The fourth-order valence-corrected chi connectivity index (χ4v) is 2.16. The van der Waals surface area contributed by atoms with Crippen LogP contribution in [0.5, 0.6) is 5.75 Å². The van der Waals surface area contributed by atoms with E-state index in [4.69, 9.17) is 4.74 Å². The molecule has 1 amide bonds. The summed E-state index contributed by atoms with van der Waals surface area (Å²) in [7, 11) is 0. The van der Waals surface area contributed by atoms with E-state index in [2.05, 4.69) is 10.6 Å². The average Bonchev–Trinajstić information content (AvgIpc) is 2.86. The van der Waals surface area contributed by atoms with Crippen LogP contribution in [-0.2, 0) is 4.79 Å². The summed E-state index contributed by atoms with van der Waals surface area (Å²) in [6, 6.07) is 5.68. The second-order valence-electron chi connectivity index (χ2n) is 4.55. The average molecular weight is 285 g/mol. The van der Waals surface area contributed by atoms with E-state index in [1.807, 2.05) is 32.0 Å². The van der Waals surface area contributed by atoms with Gasteiger partial charge in [0, 0.05) is 5.69 Å². The molecule has 0 bridgehead atoms. The molecule has 1 unspecified atom stereocenters. The van der Waals surface area contributed by atoms with Gasteiger partial charge >= 0.3 is 0 Å². The second kappa shape index (κ2) is 7.36. The first-order valence-electron chi connectivity index (χ1n) is 6.48. The summed E-state index contributed by atoms with van der Waals surface area (Å²) >= 11 is 0. The molecule has 1 aliphatic rings. The fourth-order valence-electron chi connectivity index (χ4n) is 2.16. The third-order valence-electron chi connectivity index (χ3n) is 3.14. The standard InChI is InChI=1S/C14H20N2O2.ClH/c1-3-18-11-6-7-12(10(2)9-11)16-14(17)13-5-4-8-15-13;/h6-7,9,13,15H,3-5,8H2,1-2H3,(H,16,17);1H. The van der Waals surface area contributed by atoms with Crippen molar-refractivity contribution < 1.29 is 9.53 Å². The Hall–Kier alpha value is -1.26. The van der Waals surface area contributed by atoms with Crippen LogP contribution in [0.25, 0.3) is 0 Å². The first kappa shape index (κ1) is 15.8. The van der Waals surface area contributed by atoms with E-state index in [9.17, 15) is 4.79 Å². The molecule has 1 aromatic carbocycles. The van der Waals surface area contributed by atoms with Crippen LogP contribution < -0.4 is 15.4 Å². The lowest BCUT2D eigenvalue weighted by atomic mass is 10.1. The zero-order chi connectivity index (χ0) is 13.0. The number of halogens is 1. The highest BCUT2D eigenvalue weighted by atomic mass is 35.5. The summed E-state index contributed by atoms with van der Waals surface area (Å²) in [5.74, 6) is 0.895. The zero-order valence-electron chi connectivity index (χ0n) is 11.4. The van der Waals surface area contributed by atoms with Gasteiger partial charge in [-0.15, -0.1) is 12.4 Å². The molecule has 19 heavy (non-hydrogen) atoms. The van der Waals surface area contributed by atoms with Crippen molar-refractivity contribution in [2.45, 2.75) is 32.7 Å². The lowest BCUT2D eigenvalue weighted by Crippen LogP contribution is -2.35. The minimum atomic E-state index is -0.0454. The van der Waals surface area contributed by atoms with E-state index < -0.39 is 0 Å². The molecule has 2 rings (SSSR count). The number of hydrogen-bond acceptors (Lipinski definition) is 3. The lowest BCUT2D eigenvalue weighted by Gasteiger charge is -2.14. The van der Waals surface area contributed by atoms with Crippen molar-refractivity contribution in [3.05, 3.63) is 23.8 Å². The van der Waals surface area contributed by atoms with Gasteiger partial charge < -0.3 is 15.4 Å². The predicted octanol–water partition coefficient (Wildman–Crippen LogP) is 2.51. The van der Waals surface area contributed by atoms with Crippen molar-refractivity contribution >= 4 is 24.0 Å². The number of carbonyl (C=O) groups is 1. The van der Waals surface area contributed by atoms with Crippen LogP contribution in [-0.4, -0.2) is 25.1 Å². The smallest absolute Gasteiger partial charge is 0.241 e. The fraction of sp³-hybridized carbons (Fsp3) is 0.500. The SMILES string of the molecule is CCOc1ccc(NC(=O)C2CCCN2)c(C)c1.Cl. The summed E-state index contributed by atoms with van der Waals surface area (Å²) in [5.41, 5.74) is 1.88. The molecule has 5 heteroatoms. The van der Waals surface area contributed by atoms with Crippen molar-refractivity contribution in [1.29, 1.82) is 0 Å². The van der Waals surface area contributed by atoms with E-state index in [1.165, 1.54) is 0 Å². The number of aryl methyl sites for hydroxylation is 1. The van der Waals surface area contributed by atoms with E-state index >= 15 is 0 Å². The molecule has 106 valence electrons. The number of benzene rings is 1. The number of hydrogen-bond donors (Lipinski definition) is 2. The number of carbonyl (C=O) groups excluding carboxylic acids is 1. The van der Waals surface area contributed by atoms with Crippen LogP contribution in [0.15, 0.2) is 18.2 Å². The molecule has 1 aromatic rings. The Morgan fingerprint density at radius 2 is 2.32 bits per heavy atom. The highest BCUT2D eigenvalue weighted by Gasteiger charge is 2.22. The lowest BCUT2D eigenvalue weighted by molar-refractivity contribution is -0.117. The summed E-state index contributed by atoms with van der Waals surface area (Å²) in [6.45, 7) is 5.51. The monoisotopic (exact) mass is 284 g/mol. The highest BCUT2D eigenvalue weighted by molar-refractivity contribution is 5.95. The van der Waals surface area contributed by atoms with Crippen LogP contribution in [0.4, 0.5) is 5.69 Å². The maximum absolute atomic E-state index is 12.0.